The molecule has 0 saturated heterocycles. The van der Waals surface area contributed by atoms with Crippen molar-refractivity contribution < 1.29 is 14.3 Å². The number of hydrogen-bond acceptors (Lipinski definition) is 4. The summed E-state index contributed by atoms with van der Waals surface area (Å²) in [5, 5.41) is 0. The van der Waals surface area contributed by atoms with Gasteiger partial charge in [0.1, 0.15) is 0 Å². The van der Waals surface area contributed by atoms with E-state index in [2.05, 4.69) is 0 Å². The van der Waals surface area contributed by atoms with Crippen molar-refractivity contribution in [1.29, 1.82) is 0 Å². The molecule has 0 amide bonds. The van der Waals surface area contributed by atoms with Crippen molar-refractivity contribution in [2.45, 2.75) is 51.7 Å². The summed E-state index contributed by atoms with van der Waals surface area (Å²) in [6.45, 7) is 3.90. The summed E-state index contributed by atoms with van der Waals surface area (Å²) in [6, 6.07) is 8.46. The molecule has 1 rings (SSSR count). The number of ketones is 1. The lowest BCUT2D eigenvalue weighted by molar-refractivity contribution is -0.148. The van der Waals surface area contributed by atoms with Crippen molar-refractivity contribution in [2.24, 2.45) is 5.73 Å². The number of nitrogens with two attached hydrogens (primary N) is 1. The van der Waals surface area contributed by atoms with Crippen LogP contribution in [0.5, 0.6) is 0 Å². The van der Waals surface area contributed by atoms with Gasteiger partial charge in [-0.2, -0.15) is 0 Å². The zero-order chi connectivity index (χ0) is 15.0. The molecule has 0 saturated carbocycles. The highest BCUT2D eigenvalue weighted by atomic mass is 16.5. The van der Waals surface area contributed by atoms with E-state index in [1.54, 1.807) is 24.3 Å². The predicted molar refractivity (Wildman–Crippen MR) is 78.4 cm³/mol. The number of carbonyl (C=O) groups is 2. The highest BCUT2D eigenvalue weighted by Gasteiger charge is 2.17. The van der Waals surface area contributed by atoms with Crippen LogP contribution in [0.2, 0.25) is 0 Å². The molecule has 2 N–H and O–H groups in total. The van der Waals surface area contributed by atoms with Crippen molar-refractivity contribution >= 4 is 11.8 Å². The number of Topliss-reactive ketones (excluding diaryl/α,β-unsaturated/α-hetero) is 1. The fourth-order valence-corrected chi connectivity index (χ4v) is 2.00. The van der Waals surface area contributed by atoms with Crippen molar-refractivity contribution in [3.63, 3.8) is 0 Å². The van der Waals surface area contributed by atoms with Crippen LogP contribution in [-0.4, -0.2) is 23.9 Å². The summed E-state index contributed by atoms with van der Waals surface area (Å²) in [5.74, 6) is -0.383. The van der Waals surface area contributed by atoms with E-state index in [-0.39, 0.29) is 30.7 Å². The van der Waals surface area contributed by atoms with Gasteiger partial charge in [-0.3, -0.25) is 9.59 Å². The van der Waals surface area contributed by atoms with Gasteiger partial charge in [0, 0.05) is 18.0 Å². The molecule has 0 heterocycles. The van der Waals surface area contributed by atoms with Crippen LogP contribution in [0.15, 0.2) is 30.3 Å². The van der Waals surface area contributed by atoms with Gasteiger partial charge in [0.15, 0.2) is 5.78 Å². The average molecular weight is 277 g/mol. The minimum Gasteiger partial charge on any atom is -0.463 e. The number of esters is 1. The van der Waals surface area contributed by atoms with Gasteiger partial charge in [-0.15, -0.1) is 0 Å². The van der Waals surface area contributed by atoms with E-state index in [4.69, 9.17) is 10.5 Å². The number of benzene rings is 1. The minimum atomic E-state index is -0.496. The first-order valence-corrected chi connectivity index (χ1v) is 7.06. The van der Waals surface area contributed by atoms with E-state index in [9.17, 15) is 9.59 Å². The van der Waals surface area contributed by atoms with E-state index in [1.165, 1.54) is 0 Å². The second kappa shape index (κ2) is 8.48. The third-order valence-electron chi connectivity index (χ3n) is 3.00. The molecule has 2 unspecified atom stereocenters. The lowest BCUT2D eigenvalue weighted by Gasteiger charge is -2.14. The van der Waals surface area contributed by atoms with Crippen LogP contribution in [-0.2, 0) is 9.53 Å². The molecule has 4 nitrogen and oxygen atoms in total. The van der Waals surface area contributed by atoms with E-state index >= 15 is 0 Å². The lowest BCUT2D eigenvalue weighted by Crippen LogP contribution is -2.29. The monoisotopic (exact) mass is 277 g/mol. The zero-order valence-electron chi connectivity index (χ0n) is 12.2. The Morgan fingerprint density at radius 1 is 1.20 bits per heavy atom. The Hall–Kier alpha value is -1.68. The fraction of sp³-hybridized carbons (Fsp3) is 0.500. The fourth-order valence-electron chi connectivity index (χ4n) is 2.00. The smallest absolute Gasteiger partial charge is 0.307 e. The molecule has 0 aromatic heterocycles. The van der Waals surface area contributed by atoms with E-state index in [1.807, 2.05) is 19.9 Å². The van der Waals surface area contributed by atoms with Crippen molar-refractivity contribution in [3.8, 4) is 0 Å². The van der Waals surface area contributed by atoms with Crippen LogP contribution in [0, 0.1) is 0 Å². The molecule has 0 radical (unpaired) electrons. The van der Waals surface area contributed by atoms with Gasteiger partial charge in [0.2, 0.25) is 0 Å². The first-order chi connectivity index (χ1) is 9.52. The maximum Gasteiger partial charge on any atom is 0.307 e. The largest absolute Gasteiger partial charge is 0.463 e. The molecule has 1 aromatic rings. The Kier molecular flexibility index (Phi) is 6.94. The van der Waals surface area contributed by atoms with Crippen LogP contribution in [0.1, 0.15) is 49.9 Å². The Balaban J connectivity index is 2.38. The van der Waals surface area contributed by atoms with Crippen molar-refractivity contribution in [1.82, 2.24) is 0 Å². The molecule has 0 spiro atoms. The number of ether oxygens (including phenoxy) is 1. The van der Waals surface area contributed by atoms with Gasteiger partial charge < -0.3 is 10.5 Å². The normalized spacial score (nSPS) is 13.6. The average Bonchev–Trinajstić information content (AvgIpc) is 2.39. The molecular formula is C16H23NO3. The number of rotatable bonds is 8. The van der Waals surface area contributed by atoms with Crippen LogP contribution in [0.25, 0.3) is 0 Å². The van der Waals surface area contributed by atoms with Crippen molar-refractivity contribution in [3.05, 3.63) is 35.9 Å². The maximum absolute atomic E-state index is 11.9. The van der Waals surface area contributed by atoms with Crippen LogP contribution >= 0.6 is 0 Å². The Morgan fingerprint density at radius 2 is 1.85 bits per heavy atom. The predicted octanol–water partition coefficient (Wildman–Crippen LogP) is 2.71. The number of carbonyl (C=O) groups excluding carboxylic acids is 2. The van der Waals surface area contributed by atoms with Gasteiger partial charge in [-0.05, 0) is 13.3 Å². The molecule has 0 aliphatic heterocycles. The van der Waals surface area contributed by atoms with Gasteiger partial charge in [-0.1, -0.05) is 43.7 Å². The molecular weight excluding hydrogens is 254 g/mol. The number of hydrogen-bond donors (Lipinski definition) is 1. The second-order valence-electron chi connectivity index (χ2n) is 5.05. The van der Waals surface area contributed by atoms with Gasteiger partial charge in [0.05, 0.1) is 12.5 Å². The summed E-state index contributed by atoms with van der Waals surface area (Å²) in [5.41, 5.74) is 6.46. The maximum atomic E-state index is 11.9. The third kappa shape index (κ3) is 5.97. The van der Waals surface area contributed by atoms with Gasteiger partial charge in [-0.25, -0.2) is 0 Å². The molecule has 0 aliphatic rings. The molecule has 1 aromatic carbocycles. The highest BCUT2D eigenvalue weighted by Crippen LogP contribution is 2.08. The molecule has 0 aliphatic carbocycles. The first-order valence-electron chi connectivity index (χ1n) is 7.06. The Bertz CT molecular complexity index is 431. The SMILES string of the molecule is CCCC(C)OC(=O)CC(N)CC(=O)c1ccccc1. The minimum absolute atomic E-state index is 0.0486. The van der Waals surface area contributed by atoms with Crippen LogP contribution in [0.3, 0.4) is 0 Å². The van der Waals surface area contributed by atoms with Crippen LogP contribution in [0.4, 0.5) is 0 Å². The molecule has 4 heteroatoms. The van der Waals surface area contributed by atoms with Crippen LogP contribution < -0.4 is 5.73 Å². The molecule has 2 atom stereocenters. The third-order valence-corrected chi connectivity index (χ3v) is 3.00. The van der Waals surface area contributed by atoms with Gasteiger partial charge in [0.25, 0.3) is 0 Å². The van der Waals surface area contributed by atoms with Crippen molar-refractivity contribution in [2.75, 3.05) is 0 Å². The highest BCUT2D eigenvalue weighted by molar-refractivity contribution is 5.96. The summed E-state index contributed by atoms with van der Waals surface area (Å²) < 4.78 is 5.22. The van der Waals surface area contributed by atoms with E-state index < -0.39 is 6.04 Å². The lowest BCUT2D eigenvalue weighted by atomic mass is 10.0. The quantitative estimate of drug-likeness (QED) is 0.586. The summed E-state index contributed by atoms with van der Waals surface area (Å²) in [7, 11) is 0. The van der Waals surface area contributed by atoms with Gasteiger partial charge >= 0.3 is 5.97 Å². The molecule has 0 bridgehead atoms. The summed E-state index contributed by atoms with van der Waals surface area (Å²) in [4.78, 5) is 23.6. The molecule has 0 fully saturated rings. The summed E-state index contributed by atoms with van der Waals surface area (Å²) >= 11 is 0. The zero-order valence-corrected chi connectivity index (χ0v) is 12.2. The molecule has 20 heavy (non-hydrogen) atoms. The Morgan fingerprint density at radius 3 is 2.45 bits per heavy atom. The topological polar surface area (TPSA) is 69.4 Å². The summed E-state index contributed by atoms with van der Waals surface area (Å²) in [6.07, 6.45) is 1.94. The first kappa shape index (κ1) is 16.4. The van der Waals surface area contributed by atoms with E-state index in [0.29, 0.717) is 5.56 Å². The molecule has 110 valence electrons. The second-order valence-corrected chi connectivity index (χ2v) is 5.05. The standard InChI is InChI=1S/C16H23NO3/c1-3-7-12(2)20-16(19)11-14(17)10-15(18)13-8-5-4-6-9-13/h4-6,8-9,12,14H,3,7,10-11,17H2,1-2H3. The Labute approximate surface area is 120 Å². The van der Waals surface area contributed by atoms with E-state index in [0.717, 1.165) is 12.8 Å².